The van der Waals surface area contributed by atoms with Crippen molar-refractivity contribution in [1.29, 1.82) is 0 Å². The molecule has 0 N–H and O–H groups in total. The number of fused-ring (bicyclic) bond motifs is 1. The molecule has 33 heavy (non-hydrogen) atoms. The second-order valence-electron chi connectivity index (χ2n) is 9.46. The van der Waals surface area contributed by atoms with E-state index in [2.05, 4.69) is 31.2 Å². The van der Waals surface area contributed by atoms with Gasteiger partial charge in [0.1, 0.15) is 17.1 Å². The Hall–Kier alpha value is -3.33. The third kappa shape index (κ3) is 5.36. The van der Waals surface area contributed by atoms with Gasteiger partial charge in [0.25, 0.3) is 0 Å². The van der Waals surface area contributed by atoms with Crippen LogP contribution >= 0.6 is 0 Å². The summed E-state index contributed by atoms with van der Waals surface area (Å²) in [6, 6.07) is 24.0. The maximum absolute atomic E-state index is 13.8. The summed E-state index contributed by atoms with van der Waals surface area (Å²) in [5.41, 5.74) is 5.61. The van der Waals surface area contributed by atoms with Crippen LogP contribution in [0.3, 0.4) is 0 Å². The van der Waals surface area contributed by atoms with E-state index in [9.17, 15) is 4.79 Å². The van der Waals surface area contributed by atoms with Crippen molar-refractivity contribution in [2.24, 2.45) is 0 Å². The Bertz CT molecular complexity index is 1170. The van der Waals surface area contributed by atoms with E-state index in [0.717, 1.165) is 40.9 Å². The number of aryl methyl sites for hydroxylation is 1. The van der Waals surface area contributed by atoms with Crippen LogP contribution in [0, 0.1) is 0 Å². The van der Waals surface area contributed by atoms with Gasteiger partial charge in [0.05, 0.1) is 6.61 Å². The van der Waals surface area contributed by atoms with Gasteiger partial charge >= 0.3 is 0 Å². The van der Waals surface area contributed by atoms with Crippen molar-refractivity contribution in [2.45, 2.75) is 52.6 Å². The van der Waals surface area contributed by atoms with E-state index in [1.807, 2.05) is 69.3 Å². The molecule has 0 aliphatic heterocycles. The molecule has 0 atom stereocenters. The van der Waals surface area contributed by atoms with Gasteiger partial charge in [-0.05, 0) is 86.6 Å². The molecule has 0 unspecified atom stereocenters. The lowest BCUT2D eigenvalue weighted by Gasteiger charge is -2.25. The Balaban J connectivity index is 1.79. The molecule has 0 saturated heterocycles. The fraction of sp³-hybridized carbons (Fsp3) is 0.300. The highest BCUT2D eigenvalue weighted by molar-refractivity contribution is 6.15. The third-order valence-corrected chi connectivity index (χ3v) is 5.62. The molecule has 3 aromatic rings. The molecule has 170 valence electrons. The van der Waals surface area contributed by atoms with E-state index in [4.69, 9.17) is 9.47 Å². The predicted molar refractivity (Wildman–Crippen MR) is 134 cm³/mol. The fourth-order valence-electron chi connectivity index (χ4n) is 4.27. The Labute approximate surface area is 197 Å². The monoisotopic (exact) mass is 440 g/mol. The van der Waals surface area contributed by atoms with Gasteiger partial charge < -0.3 is 9.47 Å². The standard InChI is InChI=1S/C30H32O3/c1-5-18-32-24-15-17-26-22(19-24)14-16-27(28(26)21-10-7-6-8-11-21)29(31)23-12-9-13-25(20-23)33-30(2,3)4/h6-13,15,17,19-20H,5,14,16,18H2,1-4H3. The molecular formula is C30H32O3. The fourth-order valence-corrected chi connectivity index (χ4v) is 4.27. The average molecular weight is 441 g/mol. The molecule has 0 radical (unpaired) electrons. The summed E-state index contributed by atoms with van der Waals surface area (Å²) in [5.74, 6) is 1.67. The largest absolute Gasteiger partial charge is 0.494 e. The number of hydrogen-bond acceptors (Lipinski definition) is 3. The van der Waals surface area contributed by atoms with Crippen LogP contribution < -0.4 is 9.47 Å². The van der Waals surface area contributed by atoms with E-state index in [-0.39, 0.29) is 11.4 Å². The van der Waals surface area contributed by atoms with Crippen molar-refractivity contribution >= 4 is 11.4 Å². The Kier molecular flexibility index (Phi) is 6.69. The molecule has 3 aromatic carbocycles. The number of carbonyl (C=O) groups excluding carboxylic acids is 1. The van der Waals surface area contributed by atoms with Crippen LogP contribution in [0.1, 0.15) is 67.6 Å². The minimum atomic E-state index is -0.322. The summed E-state index contributed by atoms with van der Waals surface area (Å²) in [6.07, 6.45) is 2.48. The van der Waals surface area contributed by atoms with Crippen LogP contribution in [0.25, 0.3) is 5.57 Å². The molecular weight excluding hydrogens is 408 g/mol. The molecule has 0 heterocycles. The third-order valence-electron chi connectivity index (χ3n) is 5.62. The quantitative estimate of drug-likeness (QED) is 0.362. The molecule has 3 nitrogen and oxygen atoms in total. The molecule has 3 heteroatoms. The number of allylic oxidation sites excluding steroid dienone is 1. The lowest BCUT2D eigenvalue weighted by molar-refractivity contribution is 0.102. The highest BCUT2D eigenvalue weighted by Crippen LogP contribution is 2.39. The van der Waals surface area contributed by atoms with E-state index >= 15 is 0 Å². The Morgan fingerprint density at radius 3 is 2.39 bits per heavy atom. The van der Waals surface area contributed by atoms with Gasteiger partial charge in [0.15, 0.2) is 5.78 Å². The van der Waals surface area contributed by atoms with Gasteiger partial charge in [0, 0.05) is 11.1 Å². The average Bonchev–Trinajstić information content (AvgIpc) is 2.81. The maximum Gasteiger partial charge on any atom is 0.189 e. The topological polar surface area (TPSA) is 35.5 Å². The highest BCUT2D eigenvalue weighted by atomic mass is 16.5. The minimum absolute atomic E-state index is 0.0603. The van der Waals surface area contributed by atoms with E-state index in [1.165, 1.54) is 5.56 Å². The van der Waals surface area contributed by atoms with E-state index < -0.39 is 0 Å². The van der Waals surface area contributed by atoms with Crippen LogP contribution in [0.2, 0.25) is 0 Å². The zero-order chi connectivity index (χ0) is 23.4. The molecule has 0 spiro atoms. The van der Waals surface area contributed by atoms with Gasteiger partial charge in [-0.3, -0.25) is 4.79 Å². The Morgan fingerprint density at radius 2 is 1.67 bits per heavy atom. The SMILES string of the molecule is CCCOc1ccc2c(c1)CCC(C(=O)c1cccc(OC(C)(C)C)c1)=C2c1ccccc1. The number of carbonyl (C=O) groups is 1. The normalized spacial score (nSPS) is 13.5. The van der Waals surface area contributed by atoms with Crippen molar-refractivity contribution in [1.82, 2.24) is 0 Å². The van der Waals surface area contributed by atoms with Crippen molar-refractivity contribution < 1.29 is 14.3 Å². The molecule has 0 bridgehead atoms. The maximum atomic E-state index is 13.8. The molecule has 0 fully saturated rings. The van der Waals surface area contributed by atoms with Crippen molar-refractivity contribution in [3.8, 4) is 11.5 Å². The lowest BCUT2D eigenvalue weighted by atomic mass is 9.79. The van der Waals surface area contributed by atoms with Crippen molar-refractivity contribution in [3.63, 3.8) is 0 Å². The lowest BCUT2D eigenvalue weighted by Crippen LogP contribution is -2.23. The number of ether oxygens (including phenoxy) is 2. The minimum Gasteiger partial charge on any atom is -0.494 e. The molecule has 1 aliphatic rings. The summed E-state index contributed by atoms with van der Waals surface area (Å²) in [6.45, 7) is 8.83. The summed E-state index contributed by atoms with van der Waals surface area (Å²) in [4.78, 5) is 13.8. The van der Waals surface area contributed by atoms with Crippen LogP contribution in [0.15, 0.2) is 78.4 Å². The Morgan fingerprint density at radius 1 is 0.879 bits per heavy atom. The second-order valence-corrected chi connectivity index (χ2v) is 9.46. The first-order valence-electron chi connectivity index (χ1n) is 11.7. The highest BCUT2D eigenvalue weighted by Gasteiger charge is 2.26. The number of benzene rings is 3. The van der Waals surface area contributed by atoms with Gasteiger partial charge in [-0.15, -0.1) is 0 Å². The molecule has 0 aromatic heterocycles. The summed E-state index contributed by atoms with van der Waals surface area (Å²) in [5, 5.41) is 0. The number of hydrogen-bond donors (Lipinski definition) is 0. The van der Waals surface area contributed by atoms with Crippen molar-refractivity contribution in [2.75, 3.05) is 6.61 Å². The first-order valence-corrected chi connectivity index (χ1v) is 11.7. The number of ketones is 1. The van der Waals surface area contributed by atoms with Crippen LogP contribution in [-0.2, 0) is 6.42 Å². The summed E-state index contributed by atoms with van der Waals surface area (Å²) in [7, 11) is 0. The van der Waals surface area contributed by atoms with Gasteiger partial charge in [0.2, 0.25) is 0 Å². The molecule has 0 amide bonds. The van der Waals surface area contributed by atoms with E-state index in [0.29, 0.717) is 24.3 Å². The zero-order valence-corrected chi connectivity index (χ0v) is 20.0. The van der Waals surface area contributed by atoms with Gasteiger partial charge in [-0.1, -0.05) is 55.5 Å². The first-order chi connectivity index (χ1) is 15.9. The van der Waals surface area contributed by atoms with Crippen LogP contribution in [0.4, 0.5) is 0 Å². The predicted octanol–water partition coefficient (Wildman–Crippen LogP) is 7.28. The smallest absolute Gasteiger partial charge is 0.189 e. The van der Waals surface area contributed by atoms with Crippen LogP contribution in [0.5, 0.6) is 11.5 Å². The van der Waals surface area contributed by atoms with Crippen LogP contribution in [-0.4, -0.2) is 18.0 Å². The second kappa shape index (κ2) is 9.66. The summed E-state index contributed by atoms with van der Waals surface area (Å²) < 4.78 is 11.9. The van der Waals surface area contributed by atoms with Gasteiger partial charge in [-0.2, -0.15) is 0 Å². The number of rotatable bonds is 7. The molecule has 4 rings (SSSR count). The number of Topliss-reactive ketones (excluding diaryl/α,β-unsaturated/α-hetero) is 1. The zero-order valence-electron chi connectivity index (χ0n) is 20.0. The van der Waals surface area contributed by atoms with Gasteiger partial charge in [-0.25, -0.2) is 0 Å². The van der Waals surface area contributed by atoms with E-state index in [1.54, 1.807) is 0 Å². The molecule has 1 aliphatic carbocycles. The summed E-state index contributed by atoms with van der Waals surface area (Å²) >= 11 is 0. The van der Waals surface area contributed by atoms with Crippen molar-refractivity contribution in [3.05, 3.63) is 101 Å². The molecule has 0 saturated carbocycles. The first kappa shape index (κ1) is 22.8.